The van der Waals surface area contributed by atoms with E-state index in [1.807, 2.05) is 19.1 Å². The highest BCUT2D eigenvalue weighted by atomic mass is 79.9. The molecule has 196 valence electrons. The van der Waals surface area contributed by atoms with Gasteiger partial charge in [-0.15, -0.1) is 0 Å². The topological polar surface area (TPSA) is 39.4 Å². The average Bonchev–Trinajstić information content (AvgIpc) is 2.88. The quantitative estimate of drug-likeness (QED) is 0.147. The smallest absolute Gasteiger partial charge is 0.338 e. The van der Waals surface area contributed by atoms with Gasteiger partial charge in [0.05, 0.1) is 19.3 Å². The summed E-state index contributed by atoms with van der Waals surface area (Å²) in [5.74, 6) is 0.524. The average molecular weight is 557 g/mol. The van der Waals surface area contributed by atoms with Gasteiger partial charge in [0.25, 0.3) is 0 Å². The van der Waals surface area contributed by atoms with Crippen molar-refractivity contribution in [3.8, 4) is 5.75 Å². The maximum absolute atomic E-state index is 11.7. The number of ether oxygens (including phenoxy) is 2. The second kappa shape index (κ2) is 17.1. The number of benzene rings is 2. The third-order valence-electron chi connectivity index (χ3n) is 6.70. The highest BCUT2D eigenvalue weighted by molar-refractivity contribution is 5.91. The number of pyridine rings is 1. The first-order valence-corrected chi connectivity index (χ1v) is 13.4. The van der Waals surface area contributed by atoms with Crippen molar-refractivity contribution in [2.45, 2.75) is 84.1 Å². The normalized spacial score (nSPS) is 10.7. The van der Waals surface area contributed by atoms with Crippen molar-refractivity contribution in [1.82, 2.24) is 0 Å². The number of hydrogen-bond donors (Lipinski definition) is 0. The lowest BCUT2D eigenvalue weighted by molar-refractivity contribution is -0.671. The summed E-state index contributed by atoms with van der Waals surface area (Å²) in [7, 11) is 1.40. The number of halogens is 1. The molecule has 0 N–H and O–H groups in total. The Morgan fingerprint density at radius 2 is 1.39 bits per heavy atom. The molecule has 1 heterocycles. The van der Waals surface area contributed by atoms with Crippen molar-refractivity contribution in [2.24, 2.45) is 0 Å². The van der Waals surface area contributed by atoms with Crippen LogP contribution in [0.4, 0.5) is 0 Å². The molecule has 1 aromatic heterocycles. The van der Waals surface area contributed by atoms with Crippen LogP contribution in [-0.2, 0) is 11.3 Å². The Morgan fingerprint density at radius 1 is 0.778 bits per heavy atom. The molecular weight excluding hydrogens is 514 g/mol. The van der Waals surface area contributed by atoms with Gasteiger partial charge in [0, 0.05) is 23.9 Å². The molecule has 0 atom stereocenters. The minimum atomic E-state index is -0.301. The predicted octanol–water partition coefficient (Wildman–Crippen LogP) is 4.60. The first-order valence-electron chi connectivity index (χ1n) is 13.4. The molecule has 0 fully saturated rings. The summed E-state index contributed by atoms with van der Waals surface area (Å²) in [5.41, 5.74) is 2.82. The maximum atomic E-state index is 11.7. The van der Waals surface area contributed by atoms with Crippen LogP contribution in [0.25, 0.3) is 10.9 Å². The zero-order chi connectivity index (χ0) is 24.7. The number of carbonyl (C=O) groups excluding carboxylic acids is 1. The predicted molar refractivity (Wildman–Crippen MR) is 143 cm³/mol. The van der Waals surface area contributed by atoms with Crippen molar-refractivity contribution < 1.29 is 35.8 Å². The number of rotatable bonds is 16. The zero-order valence-electron chi connectivity index (χ0n) is 22.0. The SMILES string of the molecule is COC(=O)c1ccc(OCCCCCCCCCCCCC[n+]2cccc3ccccc32)cc1C.[Br-]. The minimum Gasteiger partial charge on any atom is -1.00 e. The number of aromatic nitrogens is 1. The Hall–Kier alpha value is -2.40. The van der Waals surface area contributed by atoms with Crippen LogP contribution in [0, 0.1) is 6.92 Å². The lowest BCUT2D eigenvalue weighted by Gasteiger charge is -2.09. The fraction of sp³-hybridized carbons (Fsp3) is 0.484. The summed E-state index contributed by atoms with van der Waals surface area (Å²) in [6.45, 7) is 3.75. The van der Waals surface area contributed by atoms with Gasteiger partial charge in [-0.3, -0.25) is 0 Å². The number of methoxy groups -OCH3 is 1. The molecule has 0 aliphatic carbocycles. The number of esters is 1. The molecule has 0 bridgehead atoms. The Kier molecular flexibility index (Phi) is 14.2. The van der Waals surface area contributed by atoms with E-state index in [0.717, 1.165) is 30.9 Å². The van der Waals surface area contributed by atoms with E-state index < -0.39 is 0 Å². The number of aryl methyl sites for hydroxylation is 2. The molecule has 0 unspecified atom stereocenters. The Balaban J connectivity index is 0.00000456. The summed E-state index contributed by atoms with van der Waals surface area (Å²) < 4.78 is 13.0. The van der Waals surface area contributed by atoms with Crippen LogP contribution in [0.1, 0.15) is 86.6 Å². The molecule has 2 aromatic carbocycles. The molecule has 0 radical (unpaired) electrons. The van der Waals surface area contributed by atoms with E-state index in [1.54, 1.807) is 6.07 Å². The van der Waals surface area contributed by atoms with Crippen molar-refractivity contribution in [3.05, 3.63) is 71.9 Å². The second-order valence-electron chi connectivity index (χ2n) is 9.47. The molecular formula is C31H42BrNO3. The number of carbonyl (C=O) groups is 1. The summed E-state index contributed by atoms with van der Waals surface area (Å²) in [6, 6.07) is 18.5. The van der Waals surface area contributed by atoms with Gasteiger partial charge in [-0.1, -0.05) is 63.5 Å². The number of para-hydroxylation sites is 1. The lowest BCUT2D eigenvalue weighted by Crippen LogP contribution is -3.00. The van der Waals surface area contributed by atoms with E-state index in [-0.39, 0.29) is 23.0 Å². The number of unbranched alkanes of at least 4 members (excludes halogenated alkanes) is 10. The van der Waals surface area contributed by atoms with E-state index in [1.165, 1.54) is 82.2 Å². The Bertz CT molecular complexity index is 1050. The molecule has 0 aliphatic heterocycles. The third-order valence-corrected chi connectivity index (χ3v) is 6.70. The third kappa shape index (κ3) is 9.93. The van der Waals surface area contributed by atoms with Gasteiger partial charge in [0.15, 0.2) is 6.20 Å². The summed E-state index contributed by atoms with van der Waals surface area (Å²) in [4.78, 5) is 11.7. The highest BCUT2D eigenvalue weighted by Gasteiger charge is 2.09. The van der Waals surface area contributed by atoms with E-state index in [2.05, 4.69) is 47.2 Å². The summed E-state index contributed by atoms with van der Waals surface area (Å²) in [6.07, 6.45) is 16.5. The largest absolute Gasteiger partial charge is 1.00 e. The minimum absolute atomic E-state index is 0. The van der Waals surface area contributed by atoms with Crippen molar-refractivity contribution in [2.75, 3.05) is 13.7 Å². The molecule has 3 aromatic rings. The van der Waals surface area contributed by atoms with Crippen LogP contribution in [0.15, 0.2) is 60.8 Å². The fourth-order valence-electron chi connectivity index (χ4n) is 4.65. The van der Waals surface area contributed by atoms with Crippen LogP contribution >= 0.6 is 0 Å². The van der Waals surface area contributed by atoms with Crippen molar-refractivity contribution in [1.29, 1.82) is 0 Å². The maximum Gasteiger partial charge on any atom is 0.338 e. The van der Waals surface area contributed by atoms with Crippen LogP contribution in [0.5, 0.6) is 5.75 Å². The van der Waals surface area contributed by atoms with Gasteiger partial charge < -0.3 is 26.5 Å². The van der Waals surface area contributed by atoms with Crippen LogP contribution in [-0.4, -0.2) is 19.7 Å². The van der Waals surface area contributed by atoms with Crippen molar-refractivity contribution >= 4 is 16.9 Å². The number of nitrogens with zero attached hydrogens (tertiary/aromatic N) is 1. The van der Waals surface area contributed by atoms with Crippen LogP contribution < -0.4 is 26.3 Å². The highest BCUT2D eigenvalue weighted by Crippen LogP contribution is 2.19. The standard InChI is InChI=1S/C31H42NO3.BrH/c1-26-25-28(20-21-29(26)31(33)34-2)35-24-15-11-9-7-5-3-4-6-8-10-14-22-32-23-16-18-27-17-12-13-19-30(27)32;/h12-13,16-21,23,25H,3-11,14-15,22,24H2,1-2H3;1H/q+1;/p-1. The zero-order valence-corrected chi connectivity index (χ0v) is 23.6. The Morgan fingerprint density at radius 3 is 2.06 bits per heavy atom. The van der Waals surface area contributed by atoms with Crippen LogP contribution in [0.3, 0.4) is 0 Å². The van der Waals surface area contributed by atoms with Gasteiger partial charge in [0.1, 0.15) is 12.3 Å². The monoisotopic (exact) mass is 555 g/mol. The molecule has 0 spiro atoms. The van der Waals surface area contributed by atoms with Gasteiger partial charge >= 0.3 is 5.97 Å². The van der Waals surface area contributed by atoms with Gasteiger partial charge in [0.2, 0.25) is 5.52 Å². The molecule has 0 aliphatic rings. The molecule has 36 heavy (non-hydrogen) atoms. The van der Waals surface area contributed by atoms with Crippen LogP contribution in [0.2, 0.25) is 0 Å². The van der Waals surface area contributed by atoms with Gasteiger partial charge in [-0.25, -0.2) is 4.79 Å². The van der Waals surface area contributed by atoms with E-state index >= 15 is 0 Å². The first kappa shape index (κ1) is 29.8. The molecule has 4 nitrogen and oxygen atoms in total. The van der Waals surface area contributed by atoms with E-state index in [4.69, 9.17) is 9.47 Å². The molecule has 0 saturated heterocycles. The van der Waals surface area contributed by atoms with Gasteiger partial charge in [-0.05, 0) is 55.7 Å². The van der Waals surface area contributed by atoms with E-state index in [0.29, 0.717) is 5.56 Å². The summed E-state index contributed by atoms with van der Waals surface area (Å²) in [5, 5.41) is 1.32. The fourth-order valence-corrected chi connectivity index (χ4v) is 4.65. The molecule has 0 amide bonds. The molecule has 0 saturated carbocycles. The first-order chi connectivity index (χ1) is 17.2. The Labute approximate surface area is 227 Å². The molecule has 3 rings (SSSR count). The molecule has 5 heteroatoms. The van der Waals surface area contributed by atoms with Crippen molar-refractivity contribution in [3.63, 3.8) is 0 Å². The second-order valence-corrected chi connectivity index (χ2v) is 9.47. The van der Waals surface area contributed by atoms with E-state index in [9.17, 15) is 4.79 Å². The van der Waals surface area contributed by atoms with Gasteiger partial charge in [-0.2, -0.15) is 4.57 Å². The number of hydrogen-bond acceptors (Lipinski definition) is 3. The number of fused-ring (bicyclic) bond motifs is 1. The lowest BCUT2D eigenvalue weighted by atomic mass is 10.1. The summed E-state index contributed by atoms with van der Waals surface area (Å²) >= 11 is 0.